The Hall–Kier alpha value is -3.27. The third-order valence-corrected chi connectivity index (χ3v) is 5.50. The Morgan fingerprint density at radius 1 is 1.16 bits per heavy atom. The number of carbonyl (C=O) groups excluding carboxylic acids is 2. The van der Waals surface area contributed by atoms with Crippen LogP contribution in [-0.2, 0) is 11.3 Å². The first-order chi connectivity index (χ1) is 15.3. The van der Waals surface area contributed by atoms with Crippen molar-refractivity contribution in [2.24, 2.45) is 0 Å². The molecule has 0 saturated carbocycles. The zero-order valence-corrected chi connectivity index (χ0v) is 18.6. The molecule has 0 fully saturated rings. The first-order valence-corrected chi connectivity index (χ1v) is 10.9. The van der Waals surface area contributed by atoms with E-state index in [1.165, 1.54) is 24.8 Å². The number of hydrogen-bond acceptors (Lipinski definition) is 6. The molecule has 1 amide bonds. The Balaban J connectivity index is 1.62. The highest BCUT2D eigenvalue weighted by Gasteiger charge is 2.20. The normalized spacial score (nSPS) is 11.8. The van der Waals surface area contributed by atoms with Gasteiger partial charge < -0.3 is 14.6 Å². The number of ether oxygens (including phenoxy) is 1. The number of nitrogens with one attached hydrogen (secondary N) is 1. The second kappa shape index (κ2) is 10.4. The summed E-state index contributed by atoms with van der Waals surface area (Å²) in [7, 11) is 0. The van der Waals surface area contributed by atoms with E-state index in [2.05, 4.69) is 15.5 Å². The van der Waals surface area contributed by atoms with Gasteiger partial charge >= 0.3 is 0 Å². The molecule has 7 nitrogen and oxygen atoms in total. The molecule has 0 spiro atoms. The number of rotatable bonds is 9. The van der Waals surface area contributed by atoms with Gasteiger partial charge in [0.25, 0.3) is 0 Å². The number of nitrogens with zero attached hydrogens (tertiary/aromatic N) is 3. The molecular formula is C22H22F2N4O3S. The van der Waals surface area contributed by atoms with E-state index in [9.17, 15) is 18.4 Å². The number of carbonyl (C=O) groups is 2. The van der Waals surface area contributed by atoms with Crippen LogP contribution in [0.2, 0.25) is 0 Å². The summed E-state index contributed by atoms with van der Waals surface area (Å²) in [6, 6.07) is 9.71. The summed E-state index contributed by atoms with van der Waals surface area (Å²) in [6.07, 6.45) is -0.648. The summed E-state index contributed by atoms with van der Waals surface area (Å²) in [6.45, 7) is 5.56. The van der Waals surface area contributed by atoms with Gasteiger partial charge in [-0.15, -0.1) is 10.2 Å². The molecule has 0 aliphatic rings. The molecule has 1 unspecified atom stereocenters. The van der Waals surface area contributed by atoms with Gasteiger partial charge in [-0.3, -0.25) is 9.59 Å². The molecule has 168 valence electrons. The number of ketones is 1. The summed E-state index contributed by atoms with van der Waals surface area (Å²) in [5.41, 5.74) is 1.15. The van der Waals surface area contributed by atoms with E-state index in [-0.39, 0.29) is 23.2 Å². The van der Waals surface area contributed by atoms with Crippen LogP contribution in [0.15, 0.2) is 47.6 Å². The predicted molar refractivity (Wildman–Crippen MR) is 117 cm³/mol. The molecular weight excluding hydrogens is 438 g/mol. The van der Waals surface area contributed by atoms with E-state index in [1.807, 2.05) is 6.92 Å². The number of anilines is 1. The number of benzene rings is 2. The molecule has 1 aromatic heterocycles. The van der Waals surface area contributed by atoms with Gasteiger partial charge in [0.15, 0.2) is 34.4 Å². The molecule has 0 radical (unpaired) electrons. The number of thioether (sulfide) groups is 1. The van der Waals surface area contributed by atoms with E-state index in [0.717, 1.165) is 12.1 Å². The molecule has 0 aliphatic carbocycles. The molecule has 0 bridgehead atoms. The lowest BCUT2D eigenvalue weighted by Crippen LogP contribution is -2.15. The minimum absolute atomic E-state index is 0.0477. The van der Waals surface area contributed by atoms with E-state index < -0.39 is 17.7 Å². The average Bonchev–Trinajstić information content (AvgIpc) is 3.17. The molecule has 32 heavy (non-hydrogen) atoms. The maximum Gasteiger partial charge on any atom is 0.234 e. The van der Waals surface area contributed by atoms with Crippen molar-refractivity contribution in [3.8, 4) is 5.75 Å². The van der Waals surface area contributed by atoms with Crippen molar-refractivity contribution < 1.29 is 23.1 Å². The van der Waals surface area contributed by atoms with Crippen LogP contribution in [-0.4, -0.2) is 32.2 Å². The van der Waals surface area contributed by atoms with Crippen molar-refractivity contribution >= 4 is 29.1 Å². The van der Waals surface area contributed by atoms with Gasteiger partial charge in [0, 0.05) is 23.9 Å². The summed E-state index contributed by atoms with van der Waals surface area (Å²) in [4.78, 5) is 23.6. The summed E-state index contributed by atoms with van der Waals surface area (Å²) in [5.74, 6) is -1.32. The largest absolute Gasteiger partial charge is 0.480 e. The zero-order valence-electron chi connectivity index (χ0n) is 17.8. The van der Waals surface area contributed by atoms with Crippen LogP contribution in [0.25, 0.3) is 0 Å². The number of halogens is 2. The first kappa shape index (κ1) is 23.4. The number of hydrogen-bond donors (Lipinski definition) is 1. The smallest absolute Gasteiger partial charge is 0.234 e. The van der Waals surface area contributed by atoms with Crippen LogP contribution >= 0.6 is 11.8 Å². The van der Waals surface area contributed by atoms with Crippen LogP contribution in [0.5, 0.6) is 5.75 Å². The van der Waals surface area contributed by atoms with Gasteiger partial charge in [-0.1, -0.05) is 11.8 Å². The fourth-order valence-electron chi connectivity index (χ4n) is 2.93. The average molecular weight is 461 g/mol. The monoisotopic (exact) mass is 460 g/mol. The zero-order chi connectivity index (χ0) is 23.3. The highest BCUT2D eigenvalue weighted by molar-refractivity contribution is 7.99. The fourth-order valence-corrected chi connectivity index (χ4v) is 3.74. The quantitative estimate of drug-likeness (QED) is 0.370. The van der Waals surface area contributed by atoms with Crippen molar-refractivity contribution in [1.82, 2.24) is 14.8 Å². The first-order valence-electron chi connectivity index (χ1n) is 9.87. The molecule has 1 atom stereocenters. The lowest BCUT2D eigenvalue weighted by atomic mass is 10.1. The maximum absolute atomic E-state index is 13.9. The lowest BCUT2D eigenvalue weighted by molar-refractivity contribution is -0.113. The summed E-state index contributed by atoms with van der Waals surface area (Å²) >= 11 is 1.20. The highest BCUT2D eigenvalue weighted by Crippen LogP contribution is 2.26. The second-order valence-corrected chi connectivity index (χ2v) is 7.83. The van der Waals surface area contributed by atoms with Crippen LogP contribution in [0.4, 0.5) is 14.5 Å². The molecule has 1 heterocycles. The Labute approximate surface area is 188 Å². The standard InChI is InChI=1S/C22H22F2N4O3S/c1-4-28-21(14(3)31-19-10-7-16(23)11-18(19)24)26-27-22(28)32-12-20(30)25-17-8-5-15(6-9-17)13(2)29/h5-11,14H,4,12H2,1-3H3,(H,25,30). The van der Waals surface area contributed by atoms with Crippen molar-refractivity contribution in [3.05, 3.63) is 65.5 Å². The van der Waals surface area contributed by atoms with Crippen molar-refractivity contribution in [2.75, 3.05) is 11.1 Å². The highest BCUT2D eigenvalue weighted by atomic mass is 32.2. The third-order valence-electron chi connectivity index (χ3n) is 4.53. The third kappa shape index (κ3) is 5.70. The summed E-state index contributed by atoms with van der Waals surface area (Å²) in [5, 5.41) is 11.5. The van der Waals surface area contributed by atoms with Gasteiger partial charge in [-0.2, -0.15) is 0 Å². The minimum atomic E-state index is -0.804. The predicted octanol–water partition coefficient (Wildman–Crippen LogP) is 4.65. The molecule has 2 aromatic carbocycles. The van der Waals surface area contributed by atoms with Gasteiger partial charge in [0.05, 0.1) is 5.75 Å². The van der Waals surface area contributed by atoms with Gasteiger partial charge in [-0.25, -0.2) is 8.78 Å². The topological polar surface area (TPSA) is 86.1 Å². The van der Waals surface area contributed by atoms with Crippen LogP contribution < -0.4 is 10.1 Å². The maximum atomic E-state index is 13.9. The lowest BCUT2D eigenvalue weighted by Gasteiger charge is -2.16. The van der Waals surface area contributed by atoms with Crippen LogP contribution in [0.1, 0.15) is 43.1 Å². The van der Waals surface area contributed by atoms with Crippen molar-refractivity contribution in [2.45, 2.75) is 38.6 Å². The molecule has 0 aliphatic heterocycles. The number of Topliss-reactive ketones (excluding diaryl/α,β-unsaturated/α-hetero) is 1. The van der Waals surface area contributed by atoms with Crippen LogP contribution in [0.3, 0.4) is 0 Å². The molecule has 3 aromatic rings. The Morgan fingerprint density at radius 2 is 1.88 bits per heavy atom. The number of amides is 1. The van der Waals surface area contributed by atoms with Crippen molar-refractivity contribution in [1.29, 1.82) is 0 Å². The van der Waals surface area contributed by atoms with E-state index in [0.29, 0.717) is 28.8 Å². The summed E-state index contributed by atoms with van der Waals surface area (Å²) < 4.78 is 34.4. The Kier molecular flexibility index (Phi) is 7.57. The van der Waals surface area contributed by atoms with Crippen LogP contribution in [0, 0.1) is 11.6 Å². The van der Waals surface area contributed by atoms with Crippen molar-refractivity contribution in [3.63, 3.8) is 0 Å². The Bertz CT molecular complexity index is 1120. The molecule has 1 N–H and O–H groups in total. The van der Waals surface area contributed by atoms with Gasteiger partial charge in [0.2, 0.25) is 5.91 Å². The fraction of sp³-hybridized carbons (Fsp3) is 0.273. The van der Waals surface area contributed by atoms with E-state index >= 15 is 0 Å². The molecule has 3 rings (SSSR count). The SMILES string of the molecule is CCn1c(SCC(=O)Nc2ccc(C(C)=O)cc2)nnc1C(C)Oc1ccc(F)cc1F. The second-order valence-electron chi connectivity index (χ2n) is 6.89. The molecule has 10 heteroatoms. The molecule has 0 saturated heterocycles. The number of aromatic nitrogens is 3. The van der Waals surface area contributed by atoms with Gasteiger partial charge in [0.1, 0.15) is 5.82 Å². The Morgan fingerprint density at radius 3 is 2.50 bits per heavy atom. The minimum Gasteiger partial charge on any atom is -0.480 e. The van der Waals surface area contributed by atoms with E-state index in [1.54, 1.807) is 35.8 Å². The van der Waals surface area contributed by atoms with E-state index in [4.69, 9.17) is 4.74 Å². The van der Waals surface area contributed by atoms with Gasteiger partial charge in [-0.05, 0) is 57.2 Å².